The third kappa shape index (κ3) is 8.29. The number of aliphatic hydroxyl groups is 4. The van der Waals surface area contributed by atoms with Gasteiger partial charge in [0.25, 0.3) is 0 Å². The van der Waals surface area contributed by atoms with E-state index in [4.69, 9.17) is 9.84 Å². The molecule has 0 bridgehead atoms. The van der Waals surface area contributed by atoms with E-state index >= 15 is 0 Å². The Bertz CT molecular complexity index is 189. The highest BCUT2D eigenvalue weighted by molar-refractivity contribution is 7.80. The summed E-state index contributed by atoms with van der Waals surface area (Å²) in [5.74, 6) is 0.858. The maximum absolute atomic E-state index is 9.33. The van der Waals surface area contributed by atoms with Crippen LogP contribution in [-0.4, -0.2) is 57.4 Å². The fourth-order valence-electron chi connectivity index (χ4n) is 1.63. The molecule has 2 unspecified atom stereocenters. The monoisotopic (exact) mass is 282 g/mol. The predicted molar refractivity (Wildman–Crippen MR) is 72.6 cm³/mol. The molecule has 0 rings (SSSR count). The molecule has 0 aliphatic rings. The van der Waals surface area contributed by atoms with Gasteiger partial charge in [-0.3, -0.25) is 0 Å². The van der Waals surface area contributed by atoms with Crippen LogP contribution in [0.25, 0.3) is 0 Å². The van der Waals surface area contributed by atoms with E-state index in [0.717, 1.165) is 31.4 Å². The standard InChI is InChI=1S/C12H26O5S/c1-9(14)11(8-13)17-10(12(15)16)6-4-2-3-5-7-18/h9-16,18H,2-8H2,1H3/t9-,10?,11?/m1/s1. The van der Waals surface area contributed by atoms with Crippen molar-refractivity contribution in [1.29, 1.82) is 0 Å². The lowest BCUT2D eigenvalue weighted by molar-refractivity contribution is -0.187. The molecule has 18 heavy (non-hydrogen) atoms. The molecule has 0 aromatic heterocycles. The highest BCUT2D eigenvalue weighted by atomic mass is 32.1. The molecular formula is C12H26O5S. The molecule has 0 fully saturated rings. The molecule has 0 aliphatic heterocycles. The molecule has 0 radical (unpaired) electrons. The minimum atomic E-state index is -1.59. The van der Waals surface area contributed by atoms with Gasteiger partial charge in [-0.25, -0.2) is 0 Å². The Morgan fingerprint density at radius 2 is 1.61 bits per heavy atom. The summed E-state index contributed by atoms with van der Waals surface area (Å²) >= 11 is 4.12. The first kappa shape index (κ1) is 18.1. The fourth-order valence-corrected chi connectivity index (χ4v) is 1.86. The molecule has 6 heteroatoms. The summed E-state index contributed by atoms with van der Waals surface area (Å²) in [6, 6.07) is 0. The number of unbranched alkanes of at least 4 members (excludes halogenated alkanes) is 3. The molecule has 3 atom stereocenters. The van der Waals surface area contributed by atoms with Gasteiger partial charge >= 0.3 is 0 Å². The summed E-state index contributed by atoms with van der Waals surface area (Å²) in [7, 11) is 0. The first-order valence-electron chi connectivity index (χ1n) is 6.44. The maximum Gasteiger partial charge on any atom is 0.178 e. The summed E-state index contributed by atoms with van der Waals surface area (Å²) in [6.45, 7) is 1.15. The summed E-state index contributed by atoms with van der Waals surface area (Å²) in [6.07, 6.45) is 0.388. The van der Waals surface area contributed by atoms with Crippen molar-refractivity contribution in [2.75, 3.05) is 12.4 Å². The van der Waals surface area contributed by atoms with Gasteiger partial charge in [0.2, 0.25) is 0 Å². The molecule has 0 amide bonds. The van der Waals surface area contributed by atoms with Crippen molar-refractivity contribution >= 4 is 12.6 Å². The van der Waals surface area contributed by atoms with Gasteiger partial charge in [0, 0.05) is 0 Å². The van der Waals surface area contributed by atoms with Gasteiger partial charge in [-0.1, -0.05) is 19.3 Å². The Labute approximate surface area is 114 Å². The second-order valence-corrected chi connectivity index (χ2v) is 4.92. The fraction of sp³-hybridized carbons (Fsp3) is 1.00. The molecule has 0 spiro atoms. The van der Waals surface area contributed by atoms with Crippen molar-refractivity contribution in [3.8, 4) is 0 Å². The predicted octanol–water partition coefficient (Wildman–Crippen LogP) is 0.304. The Morgan fingerprint density at radius 1 is 1.00 bits per heavy atom. The Hall–Kier alpha value is 0.150. The molecule has 0 aromatic rings. The van der Waals surface area contributed by atoms with Crippen LogP contribution in [-0.2, 0) is 4.74 Å². The Balaban J connectivity index is 3.98. The van der Waals surface area contributed by atoms with Crippen LogP contribution in [0.3, 0.4) is 0 Å². The topological polar surface area (TPSA) is 90.2 Å². The molecular weight excluding hydrogens is 256 g/mol. The average molecular weight is 282 g/mol. The van der Waals surface area contributed by atoms with Crippen LogP contribution in [0.15, 0.2) is 0 Å². The number of hydrogen-bond acceptors (Lipinski definition) is 6. The van der Waals surface area contributed by atoms with Crippen LogP contribution in [0.2, 0.25) is 0 Å². The van der Waals surface area contributed by atoms with Crippen molar-refractivity contribution in [1.82, 2.24) is 0 Å². The summed E-state index contributed by atoms with van der Waals surface area (Å²) in [5.41, 5.74) is 0. The normalized spacial score (nSPS) is 16.8. The zero-order valence-electron chi connectivity index (χ0n) is 10.9. The lowest BCUT2D eigenvalue weighted by Crippen LogP contribution is -2.39. The first-order valence-corrected chi connectivity index (χ1v) is 7.07. The highest BCUT2D eigenvalue weighted by Gasteiger charge is 2.24. The lowest BCUT2D eigenvalue weighted by atomic mass is 10.1. The van der Waals surface area contributed by atoms with Gasteiger partial charge in [-0.15, -0.1) is 0 Å². The molecule has 0 saturated heterocycles. The minimum absolute atomic E-state index is 0.347. The Kier molecular flexibility index (Phi) is 11.1. The highest BCUT2D eigenvalue weighted by Crippen LogP contribution is 2.14. The number of aliphatic hydroxyl groups excluding tert-OH is 3. The van der Waals surface area contributed by atoms with Crippen molar-refractivity contribution in [3.63, 3.8) is 0 Å². The van der Waals surface area contributed by atoms with Crippen molar-refractivity contribution in [2.24, 2.45) is 0 Å². The van der Waals surface area contributed by atoms with Crippen LogP contribution >= 0.6 is 12.6 Å². The molecule has 4 N–H and O–H groups in total. The SMILES string of the molecule is C[C@@H](O)C(CO)OC(CCCCCCS)C(O)O. The summed E-state index contributed by atoms with van der Waals surface area (Å²) in [5, 5.41) is 36.7. The molecule has 0 heterocycles. The molecule has 0 aromatic carbocycles. The third-order valence-electron chi connectivity index (χ3n) is 2.80. The van der Waals surface area contributed by atoms with Gasteiger partial charge < -0.3 is 25.2 Å². The van der Waals surface area contributed by atoms with E-state index in [1.165, 1.54) is 6.92 Å². The maximum atomic E-state index is 9.33. The molecule has 110 valence electrons. The first-order chi connectivity index (χ1) is 8.52. The van der Waals surface area contributed by atoms with Gasteiger partial charge in [-0.05, 0) is 25.5 Å². The zero-order chi connectivity index (χ0) is 14.0. The molecule has 0 saturated carbocycles. The van der Waals surface area contributed by atoms with Crippen LogP contribution in [0.5, 0.6) is 0 Å². The Morgan fingerprint density at radius 3 is 2.06 bits per heavy atom. The van der Waals surface area contributed by atoms with E-state index in [0.29, 0.717) is 6.42 Å². The van der Waals surface area contributed by atoms with Gasteiger partial charge in [0.05, 0.1) is 12.7 Å². The number of hydrogen-bond donors (Lipinski definition) is 5. The van der Waals surface area contributed by atoms with E-state index in [1.807, 2.05) is 0 Å². The van der Waals surface area contributed by atoms with E-state index in [1.54, 1.807) is 0 Å². The minimum Gasteiger partial charge on any atom is -0.394 e. The number of ether oxygens (including phenoxy) is 1. The van der Waals surface area contributed by atoms with Crippen molar-refractivity contribution < 1.29 is 25.2 Å². The molecule has 0 aliphatic carbocycles. The summed E-state index contributed by atoms with van der Waals surface area (Å²) < 4.78 is 5.31. The second kappa shape index (κ2) is 11.0. The van der Waals surface area contributed by atoms with Crippen LogP contribution in [0.1, 0.15) is 39.0 Å². The number of thiol groups is 1. The third-order valence-corrected chi connectivity index (χ3v) is 3.11. The largest absolute Gasteiger partial charge is 0.394 e. The van der Waals surface area contributed by atoms with Crippen LogP contribution < -0.4 is 0 Å². The van der Waals surface area contributed by atoms with Crippen molar-refractivity contribution in [3.05, 3.63) is 0 Å². The van der Waals surface area contributed by atoms with E-state index in [9.17, 15) is 15.3 Å². The van der Waals surface area contributed by atoms with Crippen molar-refractivity contribution in [2.45, 2.75) is 63.6 Å². The summed E-state index contributed by atoms with van der Waals surface area (Å²) in [4.78, 5) is 0. The van der Waals surface area contributed by atoms with Gasteiger partial charge in [-0.2, -0.15) is 12.6 Å². The van der Waals surface area contributed by atoms with E-state index in [2.05, 4.69) is 12.6 Å². The quantitative estimate of drug-likeness (QED) is 0.214. The number of rotatable bonds is 11. The zero-order valence-corrected chi connectivity index (χ0v) is 11.8. The average Bonchev–Trinajstić information content (AvgIpc) is 2.31. The van der Waals surface area contributed by atoms with Crippen LogP contribution in [0, 0.1) is 0 Å². The van der Waals surface area contributed by atoms with Gasteiger partial charge in [0.15, 0.2) is 6.29 Å². The van der Waals surface area contributed by atoms with E-state index in [-0.39, 0.29) is 6.61 Å². The smallest absolute Gasteiger partial charge is 0.178 e. The van der Waals surface area contributed by atoms with Gasteiger partial charge in [0.1, 0.15) is 12.2 Å². The van der Waals surface area contributed by atoms with E-state index < -0.39 is 24.6 Å². The molecule has 5 nitrogen and oxygen atoms in total. The lowest BCUT2D eigenvalue weighted by Gasteiger charge is -2.26. The second-order valence-electron chi connectivity index (χ2n) is 4.48. The van der Waals surface area contributed by atoms with Crippen LogP contribution in [0.4, 0.5) is 0 Å².